The molecule has 0 aliphatic rings. The normalized spacial score (nSPS) is 10.5. The van der Waals surface area contributed by atoms with E-state index in [0.29, 0.717) is 6.54 Å². The Bertz CT molecular complexity index is 799. The van der Waals surface area contributed by atoms with Gasteiger partial charge >= 0.3 is 5.97 Å². The van der Waals surface area contributed by atoms with Crippen LogP contribution >= 0.6 is 0 Å². The lowest BCUT2D eigenvalue weighted by molar-refractivity contribution is 0.0697. The Morgan fingerprint density at radius 3 is 2.86 bits per heavy atom. The maximum Gasteiger partial charge on any atom is 0.335 e. The van der Waals surface area contributed by atoms with Crippen LogP contribution in [0, 0.1) is 0 Å². The molecule has 0 aliphatic heterocycles. The first-order valence-electron chi connectivity index (χ1n) is 6.62. The van der Waals surface area contributed by atoms with Crippen molar-refractivity contribution in [1.82, 2.24) is 4.98 Å². The fraction of sp³-hybridized carbons (Fsp3) is 0.0588. The second kappa shape index (κ2) is 5.63. The zero-order valence-electron chi connectivity index (χ0n) is 11.3. The minimum absolute atomic E-state index is 0.282. The smallest absolute Gasteiger partial charge is 0.335 e. The minimum Gasteiger partial charge on any atom is -0.478 e. The number of nitrogens with one attached hydrogen (secondary N) is 1. The van der Waals surface area contributed by atoms with Crippen molar-refractivity contribution in [3.05, 3.63) is 72.1 Å². The van der Waals surface area contributed by atoms with E-state index < -0.39 is 5.97 Å². The van der Waals surface area contributed by atoms with Crippen molar-refractivity contribution in [1.29, 1.82) is 0 Å². The number of pyridine rings is 1. The number of nitrogens with zero attached hydrogens (tertiary/aromatic N) is 1. The zero-order chi connectivity index (χ0) is 14.7. The van der Waals surface area contributed by atoms with E-state index >= 15 is 0 Å². The Kier molecular flexibility index (Phi) is 3.51. The van der Waals surface area contributed by atoms with Crippen LogP contribution in [0.5, 0.6) is 0 Å². The molecule has 0 aliphatic carbocycles. The van der Waals surface area contributed by atoms with Crippen LogP contribution in [0.4, 0.5) is 5.69 Å². The number of carbonyl (C=O) groups is 1. The highest BCUT2D eigenvalue weighted by atomic mass is 16.4. The van der Waals surface area contributed by atoms with E-state index in [2.05, 4.69) is 16.4 Å². The third-order valence-corrected chi connectivity index (χ3v) is 3.31. The van der Waals surface area contributed by atoms with Gasteiger partial charge in [-0.3, -0.25) is 4.98 Å². The third-order valence-electron chi connectivity index (χ3n) is 3.31. The largest absolute Gasteiger partial charge is 0.478 e. The van der Waals surface area contributed by atoms with Gasteiger partial charge in [0.15, 0.2) is 0 Å². The molecule has 3 rings (SSSR count). The molecule has 0 bridgehead atoms. The molecule has 3 aromatic rings. The second-order valence-corrected chi connectivity index (χ2v) is 4.80. The summed E-state index contributed by atoms with van der Waals surface area (Å²) in [6.07, 6.45) is 3.61. The zero-order valence-corrected chi connectivity index (χ0v) is 11.3. The highest BCUT2D eigenvalue weighted by molar-refractivity contribution is 5.88. The van der Waals surface area contributed by atoms with E-state index in [1.807, 2.05) is 30.5 Å². The molecule has 0 radical (unpaired) electrons. The third kappa shape index (κ3) is 3.00. The number of anilines is 1. The van der Waals surface area contributed by atoms with Gasteiger partial charge in [0.05, 0.1) is 5.56 Å². The highest BCUT2D eigenvalue weighted by Crippen LogP contribution is 2.16. The minimum atomic E-state index is -0.920. The first-order valence-corrected chi connectivity index (χ1v) is 6.62. The van der Waals surface area contributed by atoms with Crippen LogP contribution in [-0.2, 0) is 6.54 Å². The number of carboxylic acids is 1. The summed E-state index contributed by atoms with van der Waals surface area (Å²) in [5.74, 6) is -0.920. The van der Waals surface area contributed by atoms with E-state index in [1.54, 1.807) is 24.4 Å². The Balaban J connectivity index is 1.77. The van der Waals surface area contributed by atoms with Gasteiger partial charge in [0.1, 0.15) is 0 Å². The van der Waals surface area contributed by atoms with E-state index in [-0.39, 0.29) is 5.56 Å². The van der Waals surface area contributed by atoms with Crippen molar-refractivity contribution in [3.8, 4) is 0 Å². The molecular formula is C17H14N2O2. The van der Waals surface area contributed by atoms with Gasteiger partial charge in [-0.05, 0) is 41.3 Å². The highest BCUT2D eigenvalue weighted by Gasteiger charge is 2.03. The molecule has 0 saturated heterocycles. The van der Waals surface area contributed by atoms with Crippen molar-refractivity contribution < 1.29 is 9.90 Å². The summed E-state index contributed by atoms with van der Waals surface area (Å²) >= 11 is 0. The van der Waals surface area contributed by atoms with Crippen LogP contribution in [0.3, 0.4) is 0 Å². The van der Waals surface area contributed by atoms with Crippen LogP contribution in [0.2, 0.25) is 0 Å². The molecule has 2 N–H and O–H groups in total. The lowest BCUT2D eigenvalue weighted by Gasteiger charge is -2.08. The Morgan fingerprint density at radius 1 is 1.10 bits per heavy atom. The maximum atomic E-state index is 10.9. The molecule has 2 aromatic carbocycles. The number of hydrogen-bond donors (Lipinski definition) is 2. The number of hydrogen-bond acceptors (Lipinski definition) is 3. The van der Waals surface area contributed by atoms with Gasteiger partial charge in [0.2, 0.25) is 0 Å². The molecule has 0 amide bonds. The average molecular weight is 278 g/mol. The number of aromatic carboxylic acids is 1. The van der Waals surface area contributed by atoms with Gasteiger partial charge in [-0.15, -0.1) is 0 Å². The summed E-state index contributed by atoms with van der Waals surface area (Å²) in [7, 11) is 0. The van der Waals surface area contributed by atoms with E-state index in [9.17, 15) is 4.79 Å². The van der Waals surface area contributed by atoms with E-state index in [4.69, 9.17) is 5.11 Å². The molecule has 0 fully saturated rings. The Hall–Kier alpha value is -2.88. The standard InChI is InChI=1S/C17H14N2O2/c20-17(21)14-2-1-3-16(9-14)19-10-12-4-5-15-11-18-7-6-13(15)8-12/h1-9,11,19H,10H2,(H,20,21). The SMILES string of the molecule is O=C(O)c1cccc(NCc2ccc3cnccc3c2)c1. The first kappa shape index (κ1) is 13.1. The molecular weight excluding hydrogens is 264 g/mol. The predicted molar refractivity (Wildman–Crippen MR) is 82.5 cm³/mol. The summed E-state index contributed by atoms with van der Waals surface area (Å²) < 4.78 is 0. The van der Waals surface area contributed by atoms with Crippen molar-refractivity contribution in [2.24, 2.45) is 0 Å². The van der Waals surface area contributed by atoms with Crippen LogP contribution in [0.15, 0.2) is 60.9 Å². The molecule has 0 atom stereocenters. The fourth-order valence-corrected chi connectivity index (χ4v) is 2.21. The molecule has 4 nitrogen and oxygen atoms in total. The number of fused-ring (bicyclic) bond motifs is 1. The van der Waals surface area contributed by atoms with Gasteiger partial charge < -0.3 is 10.4 Å². The number of benzene rings is 2. The molecule has 0 unspecified atom stereocenters. The number of carboxylic acid groups (broad SMARTS) is 1. The molecule has 1 aromatic heterocycles. The lowest BCUT2D eigenvalue weighted by Crippen LogP contribution is -2.02. The van der Waals surface area contributed by atoms with Crippen molar-refractivity contribution in [2.75, 3.05) is 5.32 Å². The van der Waals surface area contributed by atoms with Crippen molar-refractivity contribution in [2.45, 2.75) is 6.54 Å². The molecule has 104 valence electrons. The van der Waals surface area contributed by atoms with E-state index in [1.165, 1.54) is 0 Å². The van der Waals surface area contributed by atoms with Gasteiger partial charge in [0, 0.05) is 30.0 Å². The van der Waals surface area contributed by atoms with Crippen LogP contribution in [-0.4, -0.2) is 16.1 Å². The van der Waals surface area contributed by atoms with Crippen LogP contribution in [0.1, 0.15) is 15.9 Å². The first-order chi connectivity index (χ1) is 10.2. The molecule has 1 heterocycles. The summed E-state index contributed by atoms with van der Waals surface area (Å²) in [4.78, 5) is 15.0. The van der Waals surface area contributed by atoms with Gasteiger partial charge in [-0.2, -0.15) is 0 Å². The number of rotatable bonds is 4. The summed E-state index contributed by atoms with van der Waals surface area (Å²) in [6, 6.07) is 15.0. The summed E-state index contributed by atoms with van der Waals surface area (Å²) in [5.41, 5.74) is 2.21. The molecule has 0 spiro atoms. The van der Waals surface area contributed by atoms with Crippen LogP contribution < -0.4 is 5.32 Å². The van der Waals surface area contributed by atoms with Crippen molar-refractivity contribution in [3.63, 3.8) is 0 Å². The van der Waals surface area contributed by atoms with Crippen molar-refractivity contribution >= 4 is 22.4 Å². The molecule has 4 heteroatoms. The monoisotopic (exact) mass is 278 g/mol. The Morgan fingerprint density at radius 2 is 2.00 bits per heavy atom. The quantitative estimate of drug-likeness (QED) is 0.766. The predicted octanol–water partition coefficient (Wildman–Crippen LogP) is 3.55. The fourth-order valence-electron chi connectivity index (χ4n) is 2.21. The topological polar surface area (TPSA) is 62.2 Å². The van der Waals surface area contributed by atoms with Gasteiger partial charge in [-0.25, -0.2) is 4.79 Å². The Labute approximate surface area is 122 Å². The molecule has 0 saturated carbocycles. The summed E-state index contributed by atoms with van der Waals surface area (Å²) in [6.45, 7) is 0.640. The van der Waals surface area contributed by atoms with Gasteiger partial charge in [0.25, 0.3) is 0 Å². The summed E-state index contributed by atoms with van der Waals surface area (Å²) in [5, 5.41) is 14.5. The maximum absolute atomic E-state index is 10.9. The lowest BCUT2D eigenvalue weighted by atomic mass is 10.1. The van der Waals surface area contributed by atoms with Crippen LogP contribution in [0.25, 0.3) is 10.8 Å². The second-order valence-electron chi connectivity index (χ2n) is 4.80. The van der Waals surface area contributed by atoms with Gasteiger partial charge in [-0.1, -0.05) is 18.2 Å². The average Bonchev–Trinajstić information content (AvgIpc) is 2.53. The molecule has 21 heavy (non-hydrogen) atoms. The van der Waals surface area contributed by atoms with E-state index in [0.717, 1.165) is 22.0 Å². The number of aromatic nitrogens is 1.